The van der Waals surface area contributed by atoms with Gasteiger partial charge in [-0.05, 0) is 62.9 Å². The Kier molecular flexibility index (Phi) is 6.11. The number of aryl methyl sites for hydroxylation is 2. The highest BCUT2D eigenvalue weighted by Crippen LogP contribution is 2.24. The SMILES string of the molecule is CN=CC1=C(C)OCCCCCn2c(nc3ccc(C)cc32)NC(=O)c2ccnc1c2. The second kappa shape index (κ2) is 9.12. The molecule has 0 saturated carbocycles. The summed E-state index contributed by atoms with van der Waals surface area (Å²) < 4.78 is 8.08. The summed E-state index contributed by atoms with van der Waals surface area (Å²) in [5.41, 5.74) is 5.00. The highest BCUT2D eigenvalue weighted by Gasteiger charge is 2.17. The summed E-state index contributed by atoms with van der Waals surface area (Å²) in [5, 5.41) is 3.01. The number of allylic oxidation sites excluding steroid dienone is 2. The van der Waals surface area contributed by atoms with Gasteiger partial charge in [-0.1, -0.05) is 6.07 Å². The van der Waals surface area contributed by atoms with Gasteiger partial charge in [0.2, 0.25) is 5.95 Å². The molecule has 7 heteroatoms. The normalized spacial score (nSPS) is 15.9. The molecule has 3 aromatic rings. The van der Waals surface area contributed by atoms with Gasteiger partial charge in [0.15, 0.2) is 0 Å². The van der Waals surface area contributed by atoms with E-state index in [0.717, 1.165) is 53.7 Å². The van der Waals surface area contributed by atoms with Crippen molar-refractivity contribution in [1.29, 1.82) is 0 Å². The maximum Gasteiger partial charge on any atom is 0.258 e. The van der Waals surface area contributed by atoms with Crippen LogP contribution < -0.4 is 5.32 Å². The number of rotatable bonds is 1. The summed E-state index contributed by atoms with van der Waals surface area (Å²) in [4.78, 5) is 26.4. The zero-order chi connectivity index (χ0) is 21.8. The van der Waals surface area contributed by atoms with E-state index in [1.165, 1.54) is 0 Å². The van der Waals surface area contributed by atoms with Crippen LogP contribution in [0.25, 0.3) is 16.6 Å². The summed E-state index contributed by atoms with van der Waals surface area (Å²) in [6.45, 7) is 5.38. The van der Waals surface area contributed by atoms with Gasteiger partial charge in [0, 0.05) is 31.6 Å². The first-order valence-electron chi connectivity index (χ1n) is 10.6. The summed E-state index contributed by atoms with van der Waals surface area (Å²) in [6, 6.07) is 9.61. The van der Waals surface area contributed by atoms with Crippen LogP contribution in [0.5, 0.6) is 0 Å². The number of nitrogens with zero attached hydrogens (tertiary/aromatic N) is 4. The quantitative estimate of drug-likeness (QED) is 0.586. The number of fused-ring (bicyclic) bond motifs is 5. The van der Waals surface area contributed by atoms with Crippen molar-refractivity contribution in [2.24, 2.45) is 4.99 Å². The first kappa shape index (κ1) is 20.8. The van der Waals surface area contributed by atoms with Gasteiger partial charge >= 0.3 is 0 Å². The number of ether oxygens (including phenoxy) is 1. The fraction of sp³-hybridized carbons (Fsp3) is 0.333. The van der Waals surface area contributed by atoms with Crippen molar-refractivity contribution >= 4 is 34.7 Å². The van der Waals surface area contributed by atoms with E-state index in [4.69, 9.17) is 4.74 Å². The summed E-state index contributed by atoms with van der Waals surface area (Å²) in [7, 11) is 1.71. The first-order chi connectivity index (χ1) is 15.1. The zero-order valence-electron chi connectivity index (χ0n) is 18.2. The van der Waals surface area contributed by atoms with Crippen LogP contribution in [0, 0.1) is 6.92 Å². The lowest BCUT2D eigenvalue weighted by atomic mass is 10.1. The third-order valence-electron chi connectivity index (χ3n) is 5.41. The molecule has 0 unspecified atom stereocenters. The van der Waals surface area contributed by atoms with Gasteiger partial charge in [0.25, 0.3) is 5.91 Å². The van der Waals surface area contributed by atoms with Crippen molar-refractivity contribution in [3.8, 4) is 0 Å². The molecule has 1 aromatic carbocycles. The minimum absolute atomic E-state index is 0.224. The largest absolute Gasteiger partial charge is 0.497 e. The summed E-state index contributed by atoms with van der Waals surface area (Å²) in [5.74, 6) is 1.09. The molecule has 0 aliphatic carbocycles. The molecule has 1 aliphatic heterocycles. The Balaban J connectivity index is 1.78. The molecule has 0 saturated heterocycles. The topological polar surface area (TPSA) is 81.4 Å². The Morgan fingerprint density at radius 3 is 2.87 bits per heavy atom. The number of anilines is 1. The van der Waals surface area contributed by atoms with E-state index < -0.39 is 0 Å². The monoisotopic (exact) mass is 417 g/mol. The van der Waals surface area contributed by atoms with E-state index in [1.54, 1.807) is 31.6 Å². The molecule has 3 heterocycles. The lowest BCUT2D eigenvalue weighted by Gasteiger charge is -2.11. The average Bonchev–Trinajstić information content (AvgIpc) is 3.09. The van der Waals surface area contributed by atoms with Crippen molar-refractivity contribution in [2.75, 3.05) is 19.0 Å². The molecule has 2 bridgehead atoms. The third kappa shape index (κ3) is 4.50. The van der Waals surface area contributed by atoms with Crippen LogP contribution in [-0.4, -0.2) is 40.3 Å². The molecule has 1 N–H and O–H groups in total. The number of aromatic nitrogens is 3. The number of carbonyl (C=O) groups is 1. The van der Waals surface area contributed by atoms with Crippen LogP contribution in [-0.2, 0) is 11.3 Å². The van der Waals surface area contributed by atoms with E-state index >= 15 is 0 Å². The Bertz CT molecular complexity index is 1180. The average molecular weight is 418 g/mol. The third-order valence-corrected chi connectivity index (χ3v) is 5.41. The van der Waals surface area contributed by atoms with Gasteiger partial charge in [-0.2, -0.15) is 0 Å². The van der Waals surface area contributed by atoms with Gasteiger partial charge in [-0.25, -0.2) is 4.98 Å². The number of carbonyl (C=O) groups excluding carboxylic acids is 1. The number of benzene rings is 1. The van der Waals surface area contributed by atoms with Gasteiger partial charge in [-0.15, -0.1) is 0 Å². The number of pyridine rings is 1. The molecule has 0 radical (unpaired) electrons. The van der Waals surface area contributed by atoms with Crippen LogP contribution in [0.15, 0.2) is 47.3 Å². The van der Waals surface area contributed by atoms with E-state index in [1.807, 2.05) is 19.1 Å². The van der Waals surface area contributed by atoms with Gasteiger partial charge < -0.3 is 9.30 Å². The van der Waals surface area contributed by atoms with Crippen molar-refractivity contribution in [2.45, 2.75) is 39.7 Å². The van der Waals surface area contributed by atoms with Gasteiger partial charge in [0.1, 0.15) is 5.76 Å². The number of aliphatic imine (C=N–C) groups is 1. The van der Waals surface area contributed by atoms with Crippen LogP contribution >= 0.6 is 0 Å². The molecule has 0 fully saturated rings. The number of imidazole rings is 1. The predicted molar refractivity (Wildman–Crippen MR) is 123 cm³/mol. The summed E-state index contributed by atoms with van der Waals surface area (Å²) in [6.07, 6.45) is 6.27. The Hall–Kier alpha value is -3.48. The minimum Gasteiger partial charge on any atom is -0.497 e. The molecule has 0 spiro atoms. The van der Waals surface area contributed by atoms with Crippen molar-refractivity contribution in [3.05, 3.63) is 59.1 Å². The van der Waals surface area contributed by atoms with Crippen molar-refractivity contribution < 1.29 is 9.53 Å². The van der Waals surface area contributed by atoms with Crippen molar-refractivity contribution in [3.63, 3.8) is 0 Å². The summed E-state index contributed by atoms with van der Waals surface area (Å²) >= 11 is 0. The van der Waals surface area contributed by atoms with Gasteiger partial charge in [0.05, 0.1) is 28.9 Å². The molecule has 31 heavy (non-hydrogen) atoms. The molecule has 160 valence electrons. The Morgan fingerprint density at radius 2 is 2.03 bits per heavy atom. The first-order valence-corrected chi connectivity index (χ1v) is 10.6. The highest BCUT2D eigenvalue weighted by atomic mass is 16.5. The molecule has 2 aromatic heterocycles. The maximum atomic E-state index is 13.1. The molecule has 1 aliphatic rings. The Labute approximate surface area is 181 Å². The van der Waals surface area contributed by atoms with Gasteiger partial charge in [-0.3, -0.25) is 20.1 Å². The zero-order valence-corrected chi connectivity index (χ0v) is 18.2. The van der Waals surface area contributed by atoms with E-state index in [2.05, 4.69) is 37.8 Å². The number of hydrogen-bond donors (Lipinski definition) is 1. The minimum atomic E-state index is -0.224. The standard InChI is InChI=1S/C24H27N5O2/c1-16-7-8-20-22(13-16)29-11-5-4-6-12-31-17(2)19(15-25-3)21-14-18(9-10-26-21)23(30)28-24(29)27-20/h7-10,13-15H,4-6,11-12H2,1-3H3,(H,27,28,30). The molecule has 1 amide bonds. The lowest BCUT2D eigenvalue weighted by molar-refractivity contribution is 0.102. The predicted octanol–water partition coefficient (Wildman–Crippen LogP) is 4.62. The smallest absolute Gasteiger partial charge is 0.258 e. The van der Waals surface area contributed by atoms with Crippen LogP contribution in [0.1, 0.15) is 47.8 Å². The molecule has 7 nitrogen and oxygen atoms in total. The fourth-order valence-electron chi connectivity index (χ4n) is 3.77. The van der Waals surface area contributed by atoms with Crippen LogP contribution in [0.2, 0.25) is 0 Å². The number of amides is 1. The van der Waals surface area contributed by atoms with Crippen LogP contribution in [0.3, 0.4) is 0 Å². The molecule has 4 rings (SSSR count). The van der Waals surface area contributed by atoms with Crippen molar-refractivity contribution in [1.82, 2.24) is 14.5 Å². The second-order valence-electron chi connectivity index (χ2n) is 7.73. The lowest BCUT2D eigenvalue weighted by Crippen LogP contribution is -2.16. The fourth-order valence-corrected chi connectivity index (χ4v) is 3.77. The highest BCUT2D eigenvalue weighted by molar-refractivity contribution is 6.11. The molecular weight excluding hydrogens is 390 g/mol. The number of nitrogens with one attached hydrogen (secondary N) is 1. The van der Waals surface area contributed by atoms with E-state index in [9.17, 15) is 4.79 Å². The van der Waals surface area contributed by atoms with E-state index in [0.29, 0.717) is 23.8 Å². The van der Waals surface area contributed by atoms with E-state index in [-0.39, 0.29) is 5.91 Å². The van der Waals surface area contributed by atoms with Crippen LogP contribution in [0.4, 0.5) is 5.95 Å². The molecular formula is C24H27N5O2. The second-order valence-corrected chi connectivity index (χ2v) is 7.73. The Morgan fingerprint density at radius 1 is 1.16 bits per heavy atom. The molecule has 0 atom stereocenters. The maximum absolute atomic E-state index is 13.1. The number of hydrogen-bond acceptors (Lipinski definition) is 5.